The zero-order chi connectivity index (χ0) is 24.1. The van der Waals surface area contributed by atoms with E-state index in [0.29, 0.717) is 44.2 Å². The summed E-state index contributed by atoms with van der Waals surface area (Å²) in [6.07, 6.45) is 3.06. The maximum absolute atomic E-state index is 12.8. The van der Waals surface area contributed by atoms with Gasteiger partial charge in [0.2, 0.25) is 11.3 Å². The molecule has 2 amide bonds. The molecule has 3 aromatic rings. The van der Waals surface area contributed by atoms with Gasteiger partial charge >= 0.3 is 0 Å². The number of hydrogen-bond acceptors (Lipinski definition) is 6. The molecule has 1 saturated heterocycles. The van der Waals surface area contributed by atoms with E-state index in [-0.39, 0.29) is 29.5 Å². The molecule has 3 heterocycles. The highest BCUT2D eigenvalue weighted by atomic mass is 16.5. The number of carbonyl (C=O) groups is 2. The minimum atomic E-state index is -0.236. The van der Waals surface area contributed by atoms with E-state index in [1.807, 2.05) is 31.2 Å². The number of nitrogens with zero attached hydrogens (tertiary/aromatic N) is 3. The topological polar surface area (TPSA) is 97.0 Å². The number of aryl methyl sites for hydroxylation is 1. The van der Waals surface area contributed by atoms with Crippen LogP contribution < -0.4 is 15.5 Å². The molecule has 0 radical (unpaired) electrons. The fraction of sp³-hybridized carbons (Fsp3) is 0.320. The molecule has 1 aliphatic heterocycles. The lowest BCUT2D eigenvalue weighted by molar-refractivity contribution is -0.116. The molecule has 178 valence electrons. The Morgan fingerprint density at radius 3 is 2.53 bits per heavy atom. The number of carbonyl (C=O) groups excluding carboxylic acids is 2. The molecule has 9 nitrogen and oxygen atoms in total. The molecule has 0 spiro atoms. The SMILES string of the molecule is COc1cn(CC(=O)Nc2ccccc2C)c(CN2CCN(C(=O)c3ccco3)CC2)cc1=O. The number of ether oxygens (including phenoxy) is 1. The fourth-order valence-corrected chi connectivity index (χ4v) is 3.98. The standard InChI is InChI=1S/C25H28N4O5/c1-18-6-3-4-7-20(18)26-24(31)17-29-16-23(33-2)21(30)14-19(29)15-27-9-11-28(12-10-27)25(32)22-8-5-13-34-22/h3-8,13-14,16H,9-12,15,17H2,1-2H3,(H,26,31). The summed E-state index contributed by atoms with van der Waals surface area (Å²) in [4.78, 5) is 41.6. The van der Waals surface area contributed by atoms with E-state index < -0.39 is 0 Å². The Bertz CT molecular complexity index is 1210. The third kappa shape index (κ3) is 5.37. The van der Waals surface area contributed by atoms with E-state index in [0.717, 1.165) is 11.3 Å². The van der Waals surface area contributed by atoms with Crippen molar-refractivity contribution >= 4 is 17.5 Å². The van der Waals surface area contributed by atoms with Crippen LogP contribution in [0.5, 0.6) is 5.75 Å². The Balaban J connectivity index is 1.44. The van der Waals surface area contributed by atoms with E-state index in [2.05, 4.69) is 10.2 Å². The summed E-state index contributed by atoms with van der Waals surface area (Å²) in [7, 11) is 1.43. The number of rotatable bonds is 7. The first-order valence-electron chi connectivity index (χ1n) is 11.1. The second-order valence-electron chi connectivity index (χ2n) is 8.23. The van der Waals surface area contributed by atoms with Gasteiger partial charge in [0.25, 0.3) is 5.91 Å². The van der Waals surface area contributed by atoms with Gasteiger partial charge in [-0.25, -0.2) is 0 Å². The van der Waals surface area contributed by atoms with Crippen molar-refractivity contribution in [2.24, 2.45) is 0 Å². The summed E-state index contributed by atoms with van der Waals surface area (Å²) < 4.78 is 12.2. The van der Waals surface area contributed by atoms with Gasteiger partial charge in [-0.05, 0) is 30.7 Å². The number of nitrogens with one attached hydrogen (secondary N) is 1. The summed E-state index contributed by atoms with van der Waals surface area (Å²) in [6.45, 7) is 4.82. The first kappa shape index (κ1) is 23.3. The number of amides is 2. The van der Waals surface area contributed by atoms with Crippen LogP contribution in [0, 0.1) is 6.92 Å². The van der Waals surface area contributed by atoms with Crippen LogP contribution in [0.25, 0.3) is 0 Å². The van der Waals surface area contributed by atoms with Crippen molar-refractivity contribution < 1.29 is 18.7 Å². The third-order valence-corrected chi connectivity index (χ3v) is 5.91. The Morgan fingerprint density at radius 1 is 1.09 bits per heavy atom. The molecule has 2 aromatic heterocycles. The first-order valence-corrected chi connectivity index (χ1v) is 11.1. The Hall–Kier alpha value is -3.85. The molecule has 9 heteroatoms. The van der Waals surface area contributed by atoms with Crippen molar-refractivity contribution in [1.82, 2.24) is 14.4 Å². The Kier molecular flexibility index (Phi) is 7.12. The lowest BCUT2D eigenvalue weighted by Gasteiger charge is -2.34. The molecule has 0 unspecified atom stereocenters. The van der Waals surface area contributed by atoms with Crippen LogP contribution >= 0.6 is 0 Å². The number of pyridine rings is 1. The molecule has 1 N–H and O–H groups in total. The maximum atomic E-state index is 12.8. The number of para-hydroxylation sites is 1. The van der Waals surface area contributed by atoms with Gasteiger partial charge in [0.05, 0.1) is 19.6 Å². The Labute approximate surface area is 197 Å². The largest absolute Gasteiger partial charge is 0.491 e. The summed E-state index contributed by atoms with van der Waals surface area (Å²) in [5.41, 5.74) is 2.19. The van der Waals surface area contributed by atoms with Crippen molar-refractivity contribution in [2.45, 2.75) is 20.0 Å². The number of furan rings is 1. The molecule has 0 bridgehead atoms. The van der Waals surface area contributed by atoms with E-state index >= 15 is 0 Å². The number of benzene rings is 1. The Morgan fingerprint density at radius 2 is 1.85 bits per heavy atom. The molecule has 1 fully saturated rings. The molecule has 0 aliphatic carbocycles. The van der Waals surface area contributed by atoms with Gasteiger partial charge in [0.15, 0.2) is 11.5 Å². The zero-order valence-electron chi connectivity index (χ0n) is 19.3. The normalized spacial score (nSPS) is 14.1. The van der Waals surface area contributed by atoms with E-state index in [1.54, 1.807) is 27.8 Å². The van der Waals surface area contributed by atoms with Crippen molar-refractivity contribution in [1.29, 1.82) is 0 Å². The van der Waals surface area contributed by atoms with Crippen molar-refractivity contribution in [3.8, 4) is 5.75 Å². The second-order valence-corrected chi connectivity index (χ2v) is 8.23. The van der Waals surface area contributed by atoms with Crippen LogP contribution in [-0.2, 0) is 17.9 Å². The van der Waals surface area contributed by atoms with Crippen LogP contribution in [0.4, 0.5) is 5.69 Å². The summed E-state index contributed by atoms with van der Waals surface area (Å²) in [5, 5.41) is 2.93. The smallest absolute Gasteiger partial charge is 0.289 e. The van der Waals surface area contributed by atoms with Crippen LogP contribution in [0.3, 0.4) is 0 Å². The molecule has 4 rings (SSSR count). The number of piperazine rings is 1. The third-order valence-electron chi connectivity index (χ3n) is 5.91. The van der Waals surface area contributed by atoms with Gasteiger partial charge < -0.3 is 23.9 Å². The summed E-state index contributed by atoms with van der Waals surface area (Å²) in [5.74, 6) is 0.187. The average molecular weight is 465 g/mol. The molecule has 0 atom stereocenters. The molecular weight excluding hydrogens is 436 g/mol. The lowest BCUT2D eigenvalue weighted by atomic mass is 10.2. The van der Waals surface area contributed by atoms with Gasteiger partial charge in [-0.15, -0.1) is 0 Å². The highest BCUT2D eigenvalue weighted by Crippen LogP contribution is 2.16. The number of methoxy groups -OCH3 is 1. The average Bonchev–Trinajstić information content (AvgIpc) is 3.37. The quantitative estimate of drug-likeness (QED) is 0.577. The van der Waals surface area contributed by atoms with Gasteiger partial charge in [-0.1, -0.05) is 18.2 Å². The van der Waals surface area contributed by atoms with Crippen LogP contribution in [0.15, 0.2) is 64.1 Å². The molecular formula is C25H28N4O5. The number of aromatic nitrogens is 1. The van der Waals surface area contributed by atoms with Crippen LogP contribution in [0.1, 0.15) is 21.8 Å². The van der Waals surface area contributed by atoms with Crippen molar-refractivity contribution in [3.05, 3.63) is 82.2 Å². The summed E-state index contributed by atoms with van der Waals surface area (Å²) in [6, 6.07) is 12.4. The van der Waals surface area contributed by atoms with Crippen molar-refractivity contribution in [2.75, 3.05) is 38.6 Å². The maximum Gasteiger partial charge on any atom is 0.289 e. The molecule has 1 aliphatic rings. The van der Waals surface area contributed by atoms with E-state index in [4.69, 9.17) is 9.15 Å². The first-order chi connectivity index (χ1) is 16.4. The number of anilines is 1. The zero-order valence-corrected chi connectivity index (χ0v) is 19.3. The minimum Gasteiger partial charge on any atom is -0.491 e. The van der Waals surface area contributed by atoms with Crippen LogP contribution in [-0.4, -0.2) is 59.5 Å². The second kappa shape index (κ2) is 10.4. The highest BCUT2D eigenvalue weighted by Gasteiger charge is 2.24. The molecule has 34 heavy (non-hydrogen) atoms. The van der Waals surface area contributed by atoms with E-state index in [9.17, 15) is 14.4 Å². The molecule has 1 aromatic carbocycles. The van der Waals surface area contributed by atoms with Crippen LogP contribution in [0.2, 0.25) is 0 Å². The van der Waals surface area contributed by atoms with Gasteiger partial charge in [-0.2, -0.15) is 0 Å². The monoisotopic (exact) mass is 464 g/mol. The summed E-state index contributed by atoms with van der Waals surface area (Å²) >= 11 is 0. The minimum absolute atomic E-state index is 0.0389. The lowest BCUT2D eigenvalue weighted by Crippen LogP contribution is -2.48. The predicted octanol–water partition coefficient (Wildman–Crippen LogP) is 2.36. The fourth-order valence-electron chi connectivity index (χ4n) is 3.98. The van der Waals surface area contributed by atoms with Gasteiger partial charge in [0, 0.05) is 50.2 Å². The molecule has 0 saturated carbocycles. The predicted molar refractivity (Wildman–Crippen MR) is 127 cm³/mol. The number of hydrogen-bond donors (Lipinski definition) is 1. The van der Waals surface area contributed by atoms with Gasteiger partial charge in [-0.3, -0.25) is 19.3 Å². The van der Waals surface area contributed by atoms with Gasteiger partial charge in [0.1, 0.15) is 6.54 Å². The van der Waals surface area contributed by atoms with E-state index in [1.165, 1.54) is 19.4 Å². The van der Waals surface area contributed by atoms with Crippen molar-refractivity contribution in [3.63, 3.8) is 0 Å². The highest BCUT2D eigenvalue weighted by molar-refractivity contribution is 5.92.